The quantitative estimate of drug-likeness (QED) is 0.146. The molecule has 10 rings (SSSR count). The van der Waals surface area contributed by atoms with Crippen LogP contribution in [0, 0.1) is 26.7 Å². The molecule has 6 aromatic carbocycles. The molecule has 0 amide bonds. The first-order chi connectivity index (χ1) is 31.4. The minimum Gasteiger partial charge on any atom is -0.260 e. The number of aromatic nitrogens is 3. The van der Waals surface area contributed by atoms with Crippen LogP contribution in [-0.4, -0.2) is 15.0 Å². The predicted molar refractivity (Wildman–Crippen MR) is 268 cm³/mol. The van der Waals surface area contributed by atoms with Crippen molar-refractivity contribution in [2.75, 3.05) is 0 Å². The number of allylic oxidation sites excluding steroid dienone is 4. The molecule has 3 nitrogen and oxygen atoms in total. The highest BCUT2D eigenvalue weighted by Gasteiger charge is 2.21. The van der Waals surface area contributed by atoms with Crippen LogP contribution >= 0.6 is 0 Å². The van der Waals surface area contributed by atoms with E-state index in [0.29, 0.717) is 5.92 Å². The van der Waals surface area contributed by atoms with Crippen LogP contribution in [-0.2, 0) is 0 Å². The number of pyridine rings is 3. The number of hydrogen-bond donors (Lipinski definition) is 0. The molecule has 0 fully saturated rings. The number of aryl methyl sites for hydroxylation is 3. The third-order valence-electron chi connectivity index (χ3n) is 12.8. The van der Waals surface area contributed by atoms with Crippen LogP contribution in [0.5, 0.6) is 0 Å². The summed E-state index contributed by atoms with van der Waals surface area (Å²) in [6.07, 6.45) is 15.0. The van der Waals surface area contributed by atoms with Gasteiger partial charge in [-0.05, 0) is 130 Å². The minimum absolute atomic E-state index is 0.258. The van der Waals surface area contributed by atoms with Crippen molar-refractivity contribution in [1.29, 1.82) is 0 Å². The lowest BCUT2D eigenvalue weighted by Gasteiger charge is -2.21. The van der Waals surface area contributed by atoms with Crippen molar-refractivity contribution < 1.29 is 0 Å². The summed E-state index contributed by atoms with van der Waals surface area (Å²) in [6.45, 7) is 8.87. The molecular formula is C61H49N3. The molecule has 1 aliphatic carbocycles. The third-order valence-corrected chi connectivity index (χ3v) is 12.8. The van der Waals surface area contributed by atoms with Crippen LogP contribution in [0.4, 0.5) is 0 Å². The summed E-state index contributed by atoms with van der Waals surface area (Å²) >= 11 is 0. The highest BCUT2D eigenvalue weighted by molar-refractivity contribution is 5.95. The molecule has 9 aromatic rings. The zero-order valence-electron chi connectivity index (χ0n) is 36.7. The summed E-state index contributed by atoms with van der Waals surface area (Å²) in [6, 6.07) is 60.9. The highest BCUT2D eigenvalue weighted by Crippen LogP contribution is 2.44. The van der Waals surface area contributed by atoms with Crippen molar-refractivity contribution >= 4 is 0 Å². The van der Waals surface area contributed by atoms with E-state index in [1.165, 1.54) is 16.7 Å². The van der Waals surface area contributed by atoms with E-state index in [4.69, 9.17) is 15.0 Å². The average molecular weight is 824 g/mol. The maximum absolute atomic E-state index is 5.12. The number of rotatable bonds is 9. The number of nitrogens with zero attached hydrogens (tertiary/aromatic N) is 3. The van der Waals surface area contributed by atoms with Crippen molar-refractivity contribution in [1.82, 2.24) is 15.0 Å². The third kappa shape index (κ3) is 7.93. The van der Waals surface area contributed by atoms with Crippen molar-refractivity contribution in [2.24, 2.45) is 5.92 Å². The molecule has 0 bridgehead atoms. The summed E-state index contributed by atoms with van der Waals surface area (Å²) < 4.78 is 0. The molecule has 0 aliphatic heterocycles. The van der Waals surface area contributed by atoms with Gasteiger partial charge in [-0.25, -0.2) is 0 Å². The van der Waals surface area contributed by atoms with Crippen molar-refractivity contribution in [3.63, 3.8) is 0 Å². The maximum atomic E-state index is 5.12. The second-order valence-electron chi connectivity index (χ2n) is 17.0. The zero-order chi connectivity index (χ0) is 43.6. The summed E-state index contributed by atoms with van der Waals surface area (Å²) in [5.74, 6) is 0.652. The van der Waals surface area contributed by atoms with Crippen molar-refractivity contribution in [3.05, 3.63) is 235 Å². The number of benzene rings is 6. The average Bonchev–Trinajstić information content (AvgIpc) is 3.34. The summed E-state index contributed by atoms with van der Waals surface area (Å²) in [5.41, 5.74) is 22.5. The van der Waals surface area contributed by atoms with E-state index >= 15 is 0 Å². The SMILES string of the molecule is Cc1cc(-c2ccccc2)ncc1-c1ccccc1-c1cc(-c2ccccc2-c2cnc(-c3ccccc3)cc2C)cc(-c2ccccc2-c2cnc(C3C=CC=CC3C)cc2C)c1. The maximum Gasteiger partial charge on any atom is 0.0705 e. The number of hydrogen-bond acceptors (Lipinski definition) is 3. The lowest BCUT2D eigenvalue weighted by atomic mass is 9.84. The largest absolute Gasteiger partial charge is 0.260 e. The van der Waals surface area contributed by atoms with Gasteiger partial charge in [-0.1, -0.05) is 165 Å². The predicted octanol–water partition coefficient (Wildman–Crippen LogP) is 16.0. The van der Waals surface area contributed by atoms with E-state index < -0.39 is 0 Å². The van der Waals surface area contributed by atoms with E-state index in [2.05, 4.69) is 216 Å². The molecule has 3 aromatic heterocycles. The van der Waals surface area contributed by atoms with Crippen LogP contribution in [0.3, 0.4) is 0 Å². The van der Waals surface area contributed by atoms with Gasteiger partial charge in [0.15, 0.2) is 0 Å². The Kier molecular flexibility index (Phi) is 11.1. The van der Waals surface area contributed by atoms with Crippen molar-refractivity contribution in [3.8, 4) is 89.3 Å². The molecule has 0 N–H and O–H groups in total. The Morgan fingerprint density at radius 3 is 1.08 bits per heavy atom. The molecule has 0 saturated heterocycles. The Hall–Kier alpha value is -7.75. The fourth-order valence-corrected chi connectivity index (χ4v) is 9.34. The Morgan fingerprint density at radius 1 is 0.328 bits per heavy atom. The topological polar surface area (TPSA) is 38.7 Å². The fraction of sp³-hybridized carbons (Fsp3) is 0.0984. The van der Waals surface area contributed by atoms with Gasteiger partial charge in [0.2, 0.25) is 0 Å². The van der Waals surface area contributed by atoms with Gasteiger partial charge < -0.3 is 0 Å². The van der Waals surface area contributed by atoms with Gasteiger partial charge in [0.1, 0.15) is 0 Å². The molecule has 64 heavy (non-hydrogen) atoms. The lowest BCUT2D eigenvalue weighted by Crippen LogP contribution is -2.09. The van der Waals surface area contributed by atoms with Gasteiger partial charge >= 0.3 is 0 Å². The highest BCUT2D eigenvalue weighted by atomic mass is 14.7. The normalized spacial score (nSPS) is 14.4. The first-order valence-corrected chi connectivity index (χ1v) is 22.2. The minimum atomic E-state index is 0.258. The van der Waals surface area contributed by atoms with Gasteiger partial charge in [0, 0.05) is 58.0 Å². The van der Waals surface area contributed by atoms with Crippen LogP contribution in [0.1, 0.15) is 35.2 Å². The molecule has 0 radical (unpaired) electrons. The van der Waals surface area contributed by atoms with Crippen LogP contribution in [0.25, 0.3) is 89.3 Å². The molecule has 2 unspecified atom stereocenters. The smallest absolute Gasteiger partial charge is 0.0705 e. The lowest BCUT2D eigenvalue weighted by molar-refractivity contribution is 0.620. The van der Waals surface area contributed by atoms with E-state index in [1.54, 1.807) is 0 Å². The van der Waals surface area contributed by atoms with Gasteiger partial charge in [-0.3, -0.25) is 15.0 Å². The standard InChI is InChI=1S/C61H49N3/c1-40-19-11-12-24-49(40)61-33-43(4)58(39-64-61)55-30-18-15-27-52(55)48-35-46(50-25-13-16-28-53(50)56-37-62-59(31-41(56)2)44-20-7-5-8-21-44)34-47(36-48)51-26-14-17-29-54(51)57-38-63-60(32-42(57)3)45-22-9-6-10-23-45/h5-40,49H,1-4H3. The fourth-order valence-electron chi connectivity index (χ4n) is 9.34. The van der Waals surface area contributed by atoms with Crippen LogP contribution < -0.4 is 0 Å². The summed E-state index contributed by atoms with van der Waals surface area (Å²) in [5, 5.41) is 0. The van der Waals surface area contributed by atoms with E-state index in [9.17, 15) is 0 Å². The van der Waals surface area contributed by atoms with Gasteiger partial charge in [0.25, 0.3) is 0 Å². The van der Waals surface area contributed by atoms with Crippen molar-refractivity contribution in [2.45, 2.75) is 33.6 Å². The Labute approximate surface area is 377 Å². The molecule has 3 heteroatoms. The van der Waals surface area contributed by atoms with E-state index in [0.717, 1.165) is 95.0 Å². The van der Waals surface area contributed by atoms with Gasteiger partial charge in [0.05, 0.1) is 11.4 Å². The van der Waals surface area contributed by atoms with E-state index in [-0.39, 0.29) is 5.92 Å². The molecule has 0 spiro atoms. The van der Waals surface area contributed by atoms with Gasteiger partial charge in [-0.15, -0.1) is 0 Å². The molecule has 0 saturated carbocycles. The second kappa shape index (κ2) is 17.6. The first-order valence-electron chi connectivity index (χ1n) is 22.2. The van der Waals surface area contributed by atoms with Crippen LogP contribution in [0.2, 0.25) is 0 Å². The Bertz CT molecular complexity index is 3060. The molecular weight excluding hydrogens is 775 g/mol. The Balaban J connectivity index is 1.14. The zero-order valence-corrected chi connectivity index (χ0v) is 36.7. The second-order valence-corrected chi connectivity index (χ2v) is 17.0. The Morgan fingerprint density at radius 2 is 0.688 bits per heavy atom. The van der Waals surface area contributed by atoms with Gasteiger partial charge in [-0.2, -0.15) is 0 Å². The molecule has 1 aliphatic rings. The van der Waals surface area contributed by atoms with E-state index in [1.807, 2.05) is 24.5 Å². The van der Waals surface area contributed by atoms with Crippen LogP contribution in [0.15, 0.2) is 213 Å². The molecule has 2 atom stereocenters. The monoisotopic (exact) mass is 823 g/mol. The summed E-state index contributed by atoms with van der Waals surface area (Å²) in [7, 11) is 0. The molecule has 3 heterocycles. The first kappa shape index (κ1) is 40.3. The molecule has 308 valence electrons. The summed E-state index contributed by atoms with van der Waals surface area (Å²) in [4.78, 5) is 15.1.